The number of urea groups is 1. The Bertz CT molecular complexity index is 1080. The lowest BCUT2D eigenvalue weighted by Crippen LogP contribution is -2.69. The van der Waals surface area contributed by atoms with E-state index in [1.54, 1.807) is 23.1 Å². The monoisotopic (exact) mass is 498 g/mol. The molecule has 0 bridgehead atoms. The van der Waals surface area contributed by atoms with E-state index in [4.69, 9.17) is 9.47 Å². The molecule has 1 aromatic carbocycles. The van der Waals surface area contributed by atoms with Crippen LogP contribution in [0, 0.1) is 11.8 Å². The number of piperidine rings is 1. The van der Waals surface area contributed by atoms with Gasteiger partial charge in [0, 0.05) is 32.3 Å². The Kier molecular flexibility index (Phi) is 6.82. The van der Waals surface area contributed by atoms with Gasteiger partial charge in [-0.15, -0.1) is 0 Å². The van der Waals surface area contributed by atoms with Crippen molar-refractivity contribution in [3.63, 3.8) is 0 Å². The molecule has 0 saturated carbocycles. The highest BCUT2D eigenvalue weighted by Gasteiger charge is 2.56. The number of carboxylic acid groups (broad SMARTS) is 1. The van der Waals surface area contributed by atoms with E-state index in [0.29, 0.717) is 36.9 Å². The predicted molar refractivity (Wildman–Crippen MR) is 127 cm³/mol. The maximum absolute atomic E-state index is 13.0. The van der Waals surface area contributed by atoms with Crippen LogP contribution in [-0.2, 0) is 14.4 Å². The highest BCUT2D eigenvalue weighted by Crippen LogP contribution is 2.36. The van der Waals surface area contributed by atoms with E-state index in [0.717, 1.165) is 36.4 Å². The summed E-state index contributed by atoms with van der Waals surface area (Å²) in [5.41, 5.74) is 0.802. The molecule has 36 heavy (non-hydrogen) atoms. The third kappa shape index (κ3) is 4.75. The van der Waals surface area contributed by atoms with Gasteiger partial charge in [-0.25, -0.2) is 14.5 Å². The molecule has 0 radical (unpaired) electrons. The van der Waals surface area contributed by atoms with Gasteiger partial charge in [0.15, 0.2) is 17.5 Å². The number of imide groups is 1. The molecule has 4 aliphatic rings. The number of aliphatic carboxylic acids is 1. The van der Waals surface area contributed by atoms with Gasteiger partial charge in [-0.1, -0.05) is 6.07 Å². The van der Waals surface area contributed by atoms with Crippen LogP contribution in [0.2, 0.25) is 0 Å². The molecule has 0 aromatic heterocycles. The van der Waals surface area contributed by atoms with Crippen LogP contribution in [0.4, 0.5) is 4.79 Å². The molecule has 3 fully saturated rings. The summed E-state index contributed by atoms with van der Waals surface area (Å²) < 4.78 is 10.6. The largest absolute Gasteiger partial charge is 0.480 e. The van der Waals surface area contributed by atoms with Crippen molar-refractivity contribution >= 4 is 29.9 Å². The Hall–Kier alpha value is -3.60. The number of likely N-dealkylation sites (tertiary alicyclic amines) is 1. The lowest BCUT2D eigenvalue weighted by atomic mass is 9.78. The van der Waals surface area contributed by atoms with Crippen LogP contribution < -0.4 is 14.8 Å². The molecule has 2 N–H and O–H groups in total. The summed E-state index contributed by atoms with van der Waals surface area (Å²) in [5, 5.41) is 13.0. The molecule has 0 spiro atoms. The lowest BCUT2D eigenvalue weighted by molar-refractivity contribution is -0.167. The van der Waals surface area contributed by atoms with Crippen LogP contribution in [0.5, 0.6) is 11.5 Å². The zero-order chi connectivity index (χ0) is 25.2. The first-order valence-electron chi connectivity index (χ1n) is 12.3. The number of hydrogen-bond donors (Lipinski definition) is 2. The van der Waals surface area contributed by atoms with Crippen LogP contribution in [0.15, 0.2) is 24.3 Å². The number of carbonyl (C=O) groups excluding carboxylic acids is 3. The molecule has 5 rings (SSSR count). The normalized spacial score (nSPS) is 24.2. The van der Waals surface area contributed by atoms with Gasteiger partial charge in [-0.2, -0.15) is 0 Å². The SMILES string of the molecule is O=C(O)[C@@H]1[C@@H](CC2CCNCC2)C(=O)N1C(=O)N1CCN(C(=O)C=Cc2ccc3c(c2)OCO3)CC1. The molecular weight excluding hydrogens is 468 g/mol. The molecule has 4 amide bonds. The molecule has 11 heteroatoms. The smallest absolute Gasteiger partial charge is 0.327 e. The highest BCUT2D eigenvalue weighted by molar-refractivity contribution is 6.07. The van der Waals surface area contributed by atoms with E-state index in [1.165, 1.54) is 11.0 Å². The maximum atomic E-state index is 13.0. The second-order valence-corrected chi connectivity index (χ2v) is 9.57. The summed E-state index contributed by atoms with van der Waals surface area (Å²) in [5.74, 6) is -0.804. The average Bonchev–Trinajstić information content (AvgIpc) is 3.37. The summed E-state index contributed by atoms with van der Waals surface area (Å²) >= 11 is 0. The number of carboxylic acids is 1. The number of ether oxygens (including phenoxy) is 2. The number of nitrogens with one attached hydrogen (secondary N) is 1. The van der Waals surface area contributed by atoms with Crippen molar-refractivity contribution in [3.05, 3.63) is 29.8 Å². The second-order valence-electron chi connectivity index (χ2n) is 9.57. The van der Waals surface area contributed by atoms with Crippen molar-refractivity contribution in [1.82, 2.24) is 20.0 Å². The number of amides is 4. The quantitative estimate of drug-likeness (QED) is 0.454. The number of piperazine rings is 1. The third-order valence-corrected chi connectivity index (χ3v) is 7.40. The van der Waals surface area contributed by atoms with Crippen molar-refractivity contribution in [1.29, 1.82) is 0 Å². The number of rotatable bonds is 5. The molecular formula is C25H30N4O7. The van der Waals surface area contributed by atoms with Crippen LogP contribution in [0.25, 0.3) is 6.08 Å². The first-order valence-corrected chi connectivity index (χ1v) is 12.3. The highest BCUT2D eigenvalue weighted by atomic mass is 16.7. The molecule has 0 aliphatic carbocycles. The van der Waals surface area contributed by atoms with Gasteiger partial charge in [0.05, 0.1) is 5.92 Å². The average molecular weight is 499 g/mol. The van der Waals surface area contributed by atoms with Gasteiger partial charge < -0.3 is 29.7 Å². The Morgan fingerprint density at radius 1 is 1.03 bits per heavy atom. The number of hydrogen-bond acceptors (Lipinski definition) is 7. The predicted octanol–water partition coefficient (Wildman–Crippen LogP) is 0.994. The number of β-lactam (4-membered cyclic amide) rings is 1. The third-order valence-electron chi connectivity index (χ3n) is 7.40. The number of carbonyl (C=O) groups is 4. The maximum Gasteiger partial charge on any atom is 0.327 e. The Morgan fingerprint density at radius 2 is 1.72 bits per heavy atom. The first kappa shape index (κ1) is 24.1. The Morgan fingerprint density at radius 3 is 2.44 bits per heavy atom. The zero-order valence-electron chi connectivity index (χ0n) is 19.9. The van der Waals surface area contributed by atoms with E-state index in [2.05, 4.69) is 5.32 Å². The van der Waals surface area contributed by atoms with Gasteiger partial charge in [0.25, 0.3) is 0 Å². The minimum Gasteiger partial charge on any atom is -0.480 e. The summed E-state index contributed by atoms with van der Waals surface area (Å²) in [6.07, 6.45) is 5.48. The fourth-order valence-electron chi connectivity index (χ4n) is 5.31. The van der Waals surface area contributed by atoms with Crippen LogP contribution >= 0.6 is 0 Å². The van der Waals surface area contributed by atoms with Crippen LogP contribution in [0.3, 0.4) is 0 Å². The van der Waals surface area contributed by atoms with Crippen molar-refractivity contribution in [2.75, 3.05) is 46.1 Å². The van der Waals surface area contributed by atoms with Gasteiger partial charge in [-0.05, 0) is 62.0 Å². The minimum atomic E-state index is -1.15. The molecule has 4 aliphatic heterocycles. The van der Waals surface area contributed by atoms with E-state index >= 15 is 0 Å². The summed E-state index contributed by atoms with van der Waals surface area (Å²) in [6, 6.07) is 3.70. The van der Waals surface area contributed by atoms with Gasteiger partial charge in [0.2, 0.25) is 18.6 Å². The number of nitrogens with zero attached hydrogens (tertiary/aromatic N) is 3. The summed E-state index contributed by atoms with van der Waals surface area (Å²) in [7, 11) is 0. The van der Waals surface area contributed by atoms with Crippen molar-refractivity contribution in [2.24, 2.45) is 11.8 Å². The fraction of sp³-hybridized carbons (Fsp3) is 0.520. The van der Waals surface area contributed by atoms with Crippen LogP contribution in [0.1, 0.15) is 24.8 Å². The number of fused-ring (bicyclic) bond motifs is 1. The minimum absolute atomic E-state index is 0.180. The second kappa shape index (κ2) is 10.2. The van der Waals surface area contributed by atoms with Crippen molar-refractivity contribution in [3.8, 4) is 11.5 Å². The molecule has 4 heterocycles. The molecule has 0 unspecified atom stereocenters. The summed E-state index contributed by atoms with van der Waals surface area (Å²) in [4.78, 5) is 54.4. The van der Waals surface area contributed by atoms with Gasteiger partial charge in [-0.3, -0.25) is 9.59 Å². The zero-order valence-corrected chi connectivity index (χ0v) is 19.9. The van der Waals surface area contributed by atoms with Crippen molar-refractivity contribution < 1.29 is 33.8 Å². The Balaban J connectivity index is 1.14. The van der Waals surface area contributed by atoms with E-state index in [1.807, 2.05) is 6.07 Å². The van der Waals surface area contributed by atoms with Crippen LogP contribution in [-0.4, -0.2) is 95.7 Å². The first-order chi connectivity index (χ1) is 17.4. The molecule has 1 aromatic rings. The molecule has 11 nitrogen and oxygen atoms in total. The molecule has 192 valence electrons. The standard InChI is InChI=1S/C25H30N4O7/c30-21(4-2-16-1-3-19-20(14-16)36-15-35-19)27-9-11-28(12-10-27)25(34)29-22(24(32)33)18(23(29)31)13-17-5-7-26-8-6-17/h1-4,14,17-18,22,26H,5-13,15H2,(H,32,33)/t18-,22+/m1/s1. The topological polar surface area (TPSA) is 129 Å². The molecule has 2 atom stereocenters. The lowest BCUT2D eigenvalue weighted by Gasteiger charge is -2.47. The Labute approximate surface area is 208 Å². The fourth-order valence-corrected chi connectivity index (χ4v) is 5.31. The summed E-state index contributed by atoms with van der Waals surface area (Å²) in [6.45, 7) is 2.97. The molecule has 3 saturated heterocycles. The van der Waals surface area contributed by atoms with Gasteiger partial charge in [0.1, 0.15) is 0 Å². The van der Waals surface area contributed by atoms with E-state index in [-0.39, 0.29) is 25.8 Å². The van der Waals surface area contributed by atoms with E-state index in [9.17, 15) is 24.3 Å². The van der Waals surface area contributed by atoms with E-state index < -0.39 is 29.9 Å². The van der Waals surface area contributed by atoms with Crippen molar-refractivity contribution in [2.45, 2.75) is 25.3 Å². The van der Waals surface area contributed by atoms with Gasteiger partial charge >= 0.3 is 12.0 Å². The number of benzene rings is 1.